The van der Waals surface area contributed by atoms with Gasteiger partial charge in [-0.3, -0.25) is 4.79 Å². The molecule has 2 aliphatic heterocycles. The van der Waals surface area contributed by atoms with Crippen molar-refractivity contribution in [3.05, 3.63) is 33.5 Å². The van der Waals surface area contributed by atoms with Crippen LogP contribution in [-0.4, -0.2) is 39.4 Å². The van der Waals surface area contributed by atoms with E-state index in [9.17, 15) is 19.1 Å². The van der Waals surface area contributed by atoms with Crippen LogP contribution < -0.4 is 5.56 Å². The summed E-state index contributed by atoms with van der Waals surface area (Å²) in [5.41, 5.74) is -0.570. The summed E-state index contributed by atoms with van der Waals surface area (Å²) in [7, 11) is 0. The summed E-state index contributed by atoms with van der Waals surface area (Å²) in [5, 5.41) is 9.26. The number of likely N-dealkylation sites (tertiary alicyclic amines) is 1. The number of nitrogens with zero attached hydrogens (tertiary/aromatic N) is 2. The maximum absolute atomic E-state index is 14.7. The number of fused-ring (bicyclic) bond motifs is 4. The molecule has 1 fully saturated rings. The zero-order chi connectivity index (χ0) is 17.6. The Balaban J connectivity index is 1.92. The van der Waals surface area contributed by atoms with Gasteiger partial charge in [0.05, 0.1) is 12.3 Å². The highest BCUT2D eigenvalue weighted by Crippen LogP contribution is 2.37. The van der Waals surface area contributed by atoms with Gasteiger partial charge in [0.2, 0.25) is 0 Å². The standard InChI is InChI=1S/C17H23FN2O4/c1-17(2,3)24-16(23)19-6-10-4-11(8-19)15-14(18)12(9-21)5-13(22)20(15)7-10/h5,10-11,21H,4,6-9H2,1-3H3. The number of aliphatic hydroxyl groups is 1. The molecular formula is C17H23FN2O4. The lowest BCUT2D eigenvalue weighted by molar-refractivity contribution is 0.00974. The lowest BCUT2D eigenvalue weighted by atomic mass is 9.82. The molecule has 1 aromatic rings. The fourth-order valence-electron chi connectivity index (χ4n) is 3.66. The summed E-state index contributed by atoms with van der Waals surface area (Å²) in [6.07, 6.45) is 0.316. The quantitative estimate of drug-likeness (QED) is 0.848. The van der Waals surface area contributed by atoms with E-state index >= 15 is 0 Å². The Morgan fingerprint density at radius 1 is 1.38 bits per heavy atom. The Hall–Kier alpha value is -1.89. The van der Waals surface area contributed by atoms with Crippen molar-refractivity contribution in [2.45, 2.75) is 51.9 Å². The maximum Gasteiger partial charge on any atom is 0.410 e. The number of rotatable bonds is 1. The van der Waals surface area contributed by atoms with Gasteiger partial charge in [0.25, 0.3) is 5.56 Å². The third-order valence-corrected chi connectivity index (χ3v) is 4.55. The smallest absolute Gasteiger partial charge is 0.410 e. The number of halogens is 1. The van der Waals surface area contributed by atoms with Crippen molar-refractivity contribution < 1.29 is 19.0 Å². The lowest BCUT2D eigenvalue weighted by Gasteiger charge is -2.43. The summed E-state index contributed by atoms with van der Waals surface area (Å²) in [6, 6.07) is 1.16. The van der Waals surface area contributed by atoms with Crippen LogP contribution in [0.15, 0.2) is 10.9 Å². The highest BCUT2D eigenvalue weighted by Gasteiger charge is 2.39. The van der Waals surface area contributed by atoms with Crippen LogP contribution in [-0.2, 0) is 17.9 Å². The Kier molecular flexibility index (Phi) is 4.15. The second kappa shape index (κ2) is 5.88. The molecule has 2 atom stereocenters. The van der Waals surface area contributed by atoms with Crippen molar-refractivity contribution in [1.82, 2.24) is 9.47 Å². The van der Waals surface area contributed by atoms with Crippen molar-refractivity contribution in [3.63, 3.8) is 0 Å². The number of ether oxygens (including phenoxy) is 1. The number of amides is 1. The first kappa shape index (κ1) is 17.0. The lowest BCUT2D eigenvalue weighted by Crippen LogP contribution is -2.50. The third-order valence-electron chi connectivity index (χ3n) is 4.55. The van der Waals surface area contributed by atoms with Crippen LogP contribution in [0.5, 0.6) is 0 Å². The number of aliphatic hydroxyl groups excluding tert-OH is 1. The maximum atomic E-state index is 14.7. The second-order valence-corrected chi connectivity index (χ2v) is 7.66. The molecule has 3 rings (SSSR count). The average Bonchev–Trinajstić information content (AvgIpc) is 2.48. The molecule has 6 nitrogen and oxygen atoms in total. The number of hydrogen-bond donors (Lipinski definition) is 1. The van der Waals surface area contributed by atoms with Gasteiger partial charge in [0.15, 0.2) is 0 Å². The molecule has 2 bridgehead atoms. The van der Waals surface area contributed by atoms with E-state index in [4.69, 9.17) is 4.74 Å². The van der Waals surface area contributed by atoms with Crippen LogP contribution in [0.2, 0.25) is 0 Å². The van der Waals surface area contributed by atoms with E-state index in [1.165, 1.54) is 4.57 Å². The largest absolute Gasteiger partial charge is 0.444 e. The number of piperidine rings is 1. The van der Waals surface area contributed by atoms with Gasteiger partial charge < -0.3 is 19.3 Å². The first-order valence-corrected chi connectivity index (χ1v) is 8.20. The molecule has 0 aromatic carbocycles. The molecule has 2 aliphatic rings. The number of hydrogen-bond acceptors (Lipinski definition) is 4. The summed E-state index contributed by atoms with van der Waals surface area (Å²) in [6.45, 7) is 6.10. The molecule has 1 amide bonds. The molecule has 1 N–H and O–H groups in total. The molecule has 1 saturated heterocycles. The highest BCUT2D eigenvalue weighted by molar-refractivity contribution is 5.68. The van der Waals surface area contributed by atoms with Crippen molar-refractivity contribution >= 4 is 6.09 Å². The SMILES string of the molecule is CC(C)(C)OC(=O)N1CC2CC(C1)c1c(F)c(CO)cc(=O)n1C2. The minimum atomic E-state index is -0.589. The third kappa shape index (κ3) is 3.05. The van der Waals surface area contributed by atoms with Crippen LogP contribution in [0.1, 0.15) is 44.4 Å². The Morgan fingerprint density at radius 2 is 2.08 bits per heavy atom. The van der Waals surface area contributed by atoms with Crippen LogP contribution in [0.25, 0.3) is 0 Å². The zero-order valence-corrected chi connectivity index (χ0v) is 14.2. The van der Waals surface area contributed by atoms with Crippen molar-refractivity contribution in [1.29, 1.82) is 0 Å². The number of carbonyl (C=O) groups excluding carboxylic acids is 1. The van der Waals surface area contributed by atoms with Crippen molar-refractivity contribution in [3.8, 4) is 0 Å². The first-order valence-electron chi connectivity index (χ1n) is 8.20. The topological polar surface area (TPSA) is 71.8 Å². The average molecular weight is 338 g/mol. The minimum Gasteiger partial charge on any atom is -0.444 e. The van der Waals surface area contributed by atoms with E-state index in [1.54, 1.807) is 25.7 Å². The predicted molar refractivity (Wildman–Crippen MR) is 85.2 cm³/mol. The van der Waals surface area contributed by atoms with Gasteiger partial charge in [-0.2, -0.15) is 0 Å². The van der Waals surface area contributed by atoms with Crippen LogP contribution >= 0.6 is 0 Å². The van der Waals surface area contributed by atoms with E-state index in [2.05, 4.69) is 0 Å². The van der Waals surface area contributed by atoms with E-state index < -0.39 is 24.1 Å². The van der Waals surface area contributed by atoms with Gasteiger partial charge in [0.1, 0.15) is 11.4 Å². The second-order valence-electron chi connectivity index (χ2n) is 7.66. The summed E-state index contributed by atoms with van der Waals surface area (Å²) in [5.74, 6) is -0.698. The normalized spacial score (nSPS) is 23.0. The van der Waals surface area contributed by atoms with Gasteiger partial charge >= 0.3 is 6.09 Å². The molecule has 0 saturated carbocycles. The van der Waals surface area contributed by atoms with Gasteiger partial charge in [0, 0.05) is 37.2 Å². The minimum absolute atomic E-state index is 0.0130. The Labute approximate surface area is 139 Å². The molecular weight excluding hydrogens is 315 g/mol. The summed E-state index contributed by atoms with van der Waals surface area (Å²) in [4.78, 5) is 26.1. The summed E-state index contributed by atoms with van der Waals surface area (Å²) < 4.78 is 21.5. The fourth-order valence-corrected chi connectivity index (χ4v) is 3.66. The summed E-state index contributed by atoms with van der Waals surface area (Å²) >= 11 is 0. The highest BCUT2D eigenvalue weighted by atomic mass is 19.1. The molecule has 24 heavy (non-hydrogen) atoms. The Morgan fingerprint density at radius 3 is 2.71 bits per heavy atom. The number of pyridine rings is 1. The van der Waals surface area contributed by atoms with E-state index in [1.807, 2.05) is 0 Å². The molecule has 2 unspecified atom stereocenters. The molecule has 7 heteroatoms. The van der Waals surface area contributed by atoms with Gasteiger partial charge in [-0.1, -0.05) is 0 Å². The molecule has 0 aliphatic carbocycles. The van der Waals surface area contributed by atoms with Gasteiger partial charge in [-0.25, -0.2) is 9.18 Å². The van der Waals surface area contributed by atoms with Gasteiger partial charge in [-0.05, 0) is 33.1 Å². The van der Waals surface area contributed by atoms with Crippen LogP contribution in [0, 0.1) is 11.7 Å². The number of aromatic nitrogens is 1. The molecule has 1 aromatic heterocycles. The fraction of sp³-hybridized carbons (Fsp3) is 0.647. The first-order chi connectivity index (χ1) is 11.2. The van der Waals surface area contributed by atoms with Crippen LogP contribution in [0.3, 0.4) is 0 Å². The zero-order valence-electron chi connectivity index (χ0n) is 14.2. The predicted octanol–water partition coefficient (Wildman–Crippen LogP) is 1.83. The Bertz CT molecular complexity index is 723. The molecule has 132 valence electrons. The number of carbonyl (C=O) groups is 1. The van der Waals surface area contributed by atoms with E-state index in [0.29, 0.717) is 25.3 Å². The molecule has 0 spiro atoms. The molecule has 0 radical (unpaired) electrons. The van der Waals surface area contributed by atoms with Crippen LogP contribution in [0.4, 0.5) is 9.18 Å². The molecule has 3 heterocycles. The monoisotopic (exact) mass is 338 g/mol. The van der Waals surface area contributed by atoms with E-state index in [0.717, 1.165) is 12.5 Å². The van der Waals surface area contributed by atoms with E-state index in [-0.39, 0.29) is 23.0 Å². The van der Waals surface area contributed by atoms with Crippen molar-refractivity contribution in [2.75, 3.05) is 13.1 Å². The van der Waals surface area contributed by atoms with Crippen molar-refractivity contribution in [2.24, 2.45) is 5.92 Å². The van der Waals surface area contributed by atoms with Gasteiger partial charge in [-0.15, -0.1) is 0 Å².